The van der Waals surface area contributed by atoms with Crippen LogP contribution in [0, 0.1) is 23.0 Å². The zero-order chi connectivity index (χ0) is 15.2. The normalized spacial score (nSPS) is 11.2. The number of benzene rings is 1. The highest BCUT2D eigenvalue weighted by atomic mass is 19.1. The van der Waals surface area contributed by atoms with Gasteiger partial charge in [-0.15, -0.1) is 0 Å². The number of hydrogen-bond donors (Lipinski definition) is 1. The Morgan fingerprint density at radius 1 is 1.25 bits per heavy atom. The lowest BCUT2D eigenvalue weighted by atomic mass is 10.2. The minimum absolute atomic E-state index is 0.103. The van der Waals surface area contributed by atoms with Gasteiger partial charge >= 0.3 is 0 Å². The summed E-state index contributed by atoms with van der Waals surface area (Å²) in [5.74, 6) is -3.01. The Morgan fingerprint density at radius 3 is 2.50 bits per heavy atom. The van der Waals surface area contributed by atoms with Gasteiger partial charge < -0.3 is 14.6 Å². The molecule has 0 aliphatic heterocycles. The molecule has 0 radical (unpaired) electrons. The highest BCUT2D eigenvalue weighted by Crippen LogP contribution is 2.22. The van der Waals surface area contributed by atoms with Gasteiger partial charge in [0.2, 0.25) is 0 Å². The highest BCUT2D eigenvalue weighted by Gasteiger charge is 2.13. The first-order valence-corrected chi connectivity index (χ1v) is 6.22. The number of unbranched alkanes of at least 4 members (excludes halogenated alkanes) is 1. The van der Waals surface area contributed by atoms with Crippen molar-refractivity contribution in [1.29, 1.82) is 5.26 Å². The van der Waals surface area contributed by atoms with Crippen LogP contribution in [0.5, 0.6) is 5.75 Å². The smallest absolute Gasteiger partial charge is 0.159 e. The molecule has 110 valence electrons. The predicted molar refractivity (Wildman–Crippen MR) is 68.1 cm³/mol. The second-order valence-corrected chi connectivity index (χ2v) is 4.72. The van der Waals surface area contributed by atoms with Crippen LogP contribution in [0.15, 0.2) is 12.1 Å². The molecule has 0 aliphatic rings. The fourth-order valence-electron chi connectivity index (χ4n) is 1.48. The summed E-state index contributed by atoms with van der Waals surface area (Å²) in [6.07, 6.45) is 1.18. The van der Waals surface area contributed by atoms with Gasteiger partial charge in [0, 0.05) is 12.1 Å². The van der Waals surface area contributed by atoms with Crippen molar-refractivity contribution in [1.82, 2.24) is 0 Å². The van der Waals surface area contributed by atoms with Crippen LogP contribution in [-0.4, -0.2) is 24.1 Å². The second kappa shape index (κ2) is 7.17. The van der Waals surface area contributed by atoms with Crippen LogP contribution in [0.2, 0.25) is 0 Å². The molecule has 6 heteroatoms. The van der Waals surface area contributed by atoms with Gasteiger partial charge in [0.1, 0.15) is 29.0 Å². The SMILES string of the molecule is CC(C)(O)OCCCCOc1cc(F)cc(F)c1C#N. The van der Waals surface area contributed by atoms with E-state index in [1.807, 2.05) is 0 Å². The third-order valence-corrected chi connectivity index (χ3v) is 2.38. The third kappa shape index (κ3) is 5.51. The Hall–Kier alpha value is -1.71. The van der Waals surface area contributed by atoms with Gasteiger partial charge in [-0.3, -0.25) is 0 Å². The molecule has 1 rings (SSSR count). The van der Waals surface area contributed by atoms with Crippen molar-refractivity contribution in [2.24, 2.45) is 0 Å². The number of hydrogen-bond acceptors (Lipinski definition) is 4. The quantitative estimate of drug-likeness (QED) is 0.618. The van der Waals surface area contributed by atoms with Crippen molar-refractivity contribution in [2.75, 3.05) is 13.2 Å². The number of aliphatic hydroxyl groups is 1. The molecule has 4 nitrogen and oxygen atoms in total. The summed E-state index contributed by atoms with van der Waals surface area (Å²) < 4.78 is 36.6. The predicted octanol–water partition coefficient (Wildman–Crippen LogP) is 2.74. The van der Waals surface area contributed by atoms with E-state index in [9.17, 15) is 13.9 Å². The molecular formula is C14H17F2NO3. The third-order valence-electron chi connectivity index (χ3n) is 2.38. The van der Waals surface area contributed by atoms with Gasteiger partial charge in [-0.2, -0.15) is 5.26 Å². The van der Waals surface area contributed by atoms with E-state index in [1.54, 1.807) is 6.07 Å². The van der Waals surface area contributed by atoms with Gasteiger partial charge in [-0.05, 0) is 26.7 Å². The van der Waals surface area contributed by atoms with Crippen molar-refractivity contribution in [3.05, 3.63) is 29.3 Å². The van der Waals surface area contributed by atoms with Crippen molar-refractivity contribution >= 4 is 0 Å². The first-order valence-electron chi connectivity index (χ1n) is 6.22. The van der Waals surface area contributed by atoms with Gasteiger partial charge in [-0.1, -0.05) is 0 Å². The Labute approximate surface area is 116 Å². The lowest BCUT2D eigenvalue weighted by molar-refractivity contribution is -0.176. The summed E-state index contributed by atoms with van der Waals surface area (Å²) in [5, 5.41) is 18.1. The maximum absolute atomic E-state index is 13.3. The number of halogens is 2. The van der Waals surface area contributed by atoms with Gasteiger partial charge in [0.15, 0.2) is 5.79 Å². The summed E-state index contributed by atoms with van der Waals surface area (Å²) in [6, 6.07) is 3.26. The molecule has 0 fully saturated rings. The van der Waals surface area contributed by atoms with E-state index in [2.05, 4.69) is 0 Å². The van der Waals surface area contributed by atoms with Crippen LogP contribution in [0.25, 0.3) is 0 Å². The standard InChI is InChI=1S/C14H17F2NO3/c1-14(2,18)20-6-4-3-5-19-13-8-10(15)7-12(16)11(13)9-17/h7-8,18H,3-6H2,1-2H3. The molecule has 0 aliphatic carbocycles. The van der Waals surface area contributed by atoms with Crippen molar-refractivity contribution in [3.63, 3.8) is 0 Å². The molecule has 0 aromatic heterocycles. The molecule has 1 aromatic carbocycles. The van der Waals surface area contributed by atoms with Gasteiger partial charge in [0.25, 0.3) is 0 Å². The molecule has 1 N–H and O–H groups in total. The van der Waals surface area contributed by atoms with E-state index in [-0.39, 0.29) is 17.9 Å². The highest BCUT2D eigenvalue weighted by molar-refractivity contribution is 5.44. The first kappa shape index (κ1) is 16.3. The molecule has 0 saturated heterocycles. The zero-order valence-corrected chi connectivity index (χ0v) is 11.4. The van der Waals surface area contributed by atoms with Gasteiger partial charge in [0.05, 0.1) is 13.2 Å². The first-order chi connectivity index (χ1) is 9.33. The number of rotatable bonds is 7. The average molecular weight is 285 g/mol. The summed E-state index contributed by atoms with van der Waals surface area (Å²) in [4.78, 5) is 0. The van der Waals surface area contributed by atoms with Crippen LogP contribution in [0.4, 0.5) is 8.78 Å². The van der Waals surface area contributed by atoms with E-state index >= 15 is 0 Å². The molecule has 0 bridgehead atoms. The van der Waals surface area contributed by atoms with Crippen molar-refractivity contribution in [2.45, 2.75) is 32.5 Å². The number of ether oxygens (including phenoxy) is 2. The van der Waals surface area contributed by atoms with Crippen molar-refractivity contribution < 1.29 is 23.4 Å². The van der Waals surface area contributed by atoms with E-state index in [4.69, 9.17) is 14.7 Å². The maximum Gasteiger partial charge on any atom is 0.159 e. The molecule has 0 heterocycles. The second-order valence-electron chi connectivity index (χ2n) is 4.72. The fourth-order valence-corrected chi connectivity index (χ4v) is 1.48. The summed E-state index contributed by atoms with van der Waals surface area (Å²) in [6.45, 7) is 3.60. The summed E-state index contributed by atoms with van der Waals surface area (Å²) in [5.41, 5.74) is -0.306. The molecular weight excluding hydrogens is 268 g/mol. The fraction of sp³-hybridized carbons (Fsp3) is 0.500. The van der Waals surface area contributed by atoms with E-state index in [0.717, 1.165) is 6.07 Å². The Kier molecular flexibility index (Phi) is 5.86. The van der Waals surface area contributed by atoms with E-state index in [0.29, 0.717) is 25.5 Å². The maximum atomic E-state index is 13.3. The van der Waals surface area contributed by atoms with E-state index in [1.165, 1.54) is 13.8 Å². The minimum Gasteiger partial charge on any atom is -0.492 e. The molecule has 0 atom stereocenters. The monoisotopic (exact) mass is 285 g/mol. The van der Waals surface area contributed by atoms with E-state index < -0.39 is 17.4 Å². The Morgan fingerprint density at radius 2 is 1.90 bits per heavy atom. The molecule has 0 spiro atoms. The Balaban J connectivity index is 2.41. The topological polar surface area (TPSA) is 62.5 Å². The lowest BCUT2D eigenvalue weighted by Gasteiger charge is -2.17. The van der Waals surface area contributed by atoms with Crippen LogP contribution in [0.1, 0.15) is 32.3 Å². The van der Waals surface area contributed by atoms with Gasteiger partial charge in [-0.25, -0.2) is 8.78 Å². The van der Waals surface area contributed by atoms with Crippen LogP contribution < -0.4 is 4.74 Å². The zero-order valence-electron chi connectivity index (χ0n) is 11.4. The minimum atomic E-state index is -1.18. The molecule has 0 unspecified atom stereocenters. The van der Waals surface area contributed by atoms with Crippen molar-refractivity contribution in [3.8, 4) is 11.8 Å². The summed E-state index contributed by atoms with van der Waals surface area (Å²) >= 11 is 0. The molecule has 0 amide bonds. The average Bonchev–Trinajstić information content (AvgIpc) is 2.31. The lowest BCUT2D eigenvalue weighted by Crippen LogP contribution is -2.23. The molecule has 0 saturated carbocycles. The summed E-state index contributed by atoms with van der Waals surface area (Å²) in [7, 11) is 0. The van der Waals surface area contributed by atoms with Crippen LogP contribution >= 0.6 is 0 Å². The molecule has 20 heavy (non-hydrogen) atoms. The molecule has 1 aromatic rings. The largest absolute Gasteiger partial charge is 0.492 e. The number of nitriles is 1. The van der Waals surface area contributed by atoms with Crippen LogP contribution in [-0.2, 0) is 4.74 Å². The van der Waals surface area contributed by atoms with Crippen LogP contribution in [0.3, 0.4) is 0 Å². The Bertz CT molecular complexity index is 492. The number of nitrogens with zero attached hydrogens (tertiary/aromatic N) is 1.